The molecule has 2 heterocycles. The molecule has 1 atom stereocenters. The summed E-state index contributed by atoms with van der Waals surface area (Å²) < 4.78 is 5.06. The number of hydrogen-bond acceptors (Lipinski definition) is 4. The van der Waals surface area contributed by atoms with Crippen molar-refractivity contribution in [3.8, 4) is 0 Å². The number of aromatic nitrogens is 1. The highest BCUT2D eigenvalue weighted by atomic mass is 16.5. The Balaban J connectivity index is 1.99. The van der Waals surface area contributed by atoms with Crippen LogP contribution in [-0.4, -0.2) is 35.0 Å². The number of rotatable bonds is 5. The van der Waals surface area contributed by atoms with Crippen molar-refractivity contribution >= 4 is 16.9 Å². The van der Waals surface area contributed by atoms with Crippen LogP contribution in [-0.2, 0) is 11.3 Å². The first-order valence-electron chi connectivity index (χ1n) is 9.61. The van der Waals surface area contributed by atoms with Crippen LogP contribution in [0.2, 0.25) is 0 Å². The van der Waals surface area contributed by atoms with E-state index in [2.05, 4.69) is 16.8 Å². The van der Waals surface area contributed by atoms with Gasteiger partial charge in [-0.2, -0.15) is 0 Å². The second-order valence-corrected chi connectivity index (χ2v) is 7.07. The van der Waals surface area contributed by atoms with Gasteiger partial charge < -0.3 is 9.72 Å². The van der Waals surface area contributed by atoms with Gasteiger partial charge in [-0.1, -0.05) is 13.3 Å². The third-order valence-electron chi connectivity index (χ3n) is 5.41. The first kappa shape index (κ1) is 18.6. The largest absolute Gasteiger partial charge is 0.462 e. The fraction of sp³-hybridized carbons (Fsp3) is 0.524. The van der Waals surface area contributed by atoms with Crippen LogP contribution in [0.3, 0.4) is 0 Å². The molecule has 1 N–H and O–H groups in total. The normalized spacial score (nSPS) is 18.2. The predicted molar refractivity (Wildman–Crippen MR) is 104 cm³/mol. The van der Waals surface area contributed by atoms with Gasteiger partial charge in [-0.25, -0.2) is 4.79 Å². The van der Waals surface area contributed by atoms with Gasteiger partial charge in [-0.05, 0) is 57.9 Å². The maximum atomic E-state index is 13.2. The summed E-state index contributed by atoms with van der Waals surface area (Å²) in [6.07, 6.45) is 4.77. The number of esters is 1. The molecule has 1 aromatic heterocycles. The highest BCUT2D eigenvalue weighted by molar-refractivity contribution is 5.94. The molecule has 1 aromatic carbocycles. The topological polar surface area (TPSA) is 62.4 Å². The van der Waals surface area contributed by atoms with Crippen molar-refractivity contribution < 1.29 is 9.53 Å². The number of hydrogen-bond donors (Lipinski definition) is 1. The number of aryl methyl sites for hydroxylation is 1. The van der Waals surface area contributed by atoms with Crippen LogP contribution in [0.15, 0.2) is 23.0 Å². The van der Waals surface area contributed by atoms with E-state index in [1.807, 2.05) is 6.92 Å². The lowest BCUT2D eigenvalue weighted by Gasteiger charge is -2.35. The zero-order valence-electron chi connectivity index (χ0n) is 15.9. The molecule has 0 radical (unpaired) electrons. The molecule has 1 aliphatic heterocycles. The van der Waals surface area contributed by atoms with Gasteiger partial charge in [0.05, 0.1) is 12.2 Å². The molecular weight excluding hydrogens is 328 g/mol. The monoisotopic (exact) mass is 356 g/mol. The summed E-state index contributed by atoms with van der Waals surface area (Å²) in [4.78, 5) is 30.9. The molecule has 0 bridgehead atoms. The molecule has 3 rings (SSSR count). The minimum absolute atomic E-state index is 0.0165. The standard InChI is InChI=1S/C21H28N2O3/c1-4-16-8-6-7-11-23(16)13-18-14(3)22-19-10-9-15(21(25)26-5-2)12-17(19)20(18)24/h9-10,12,16H,4-8,11,13H2,1-3H3,(H,22,24)/t16-/m1/s1. The van der Waals surface area contributed by atoms with Gasteiger partial charge in [-0.3, -0.25) is 9.69 Å². The Morgan fingerprint density at radius 3 is 2.85 bits per heavy atom. The van der Waals surface area contributed by atoms with Crippen LogP contribution in [0.25, 0.3) is 10.9 Å². The Kier molecular flexibility index (Phi) is 5.77. The van der Waals surface area contributed by atoms with Crippen molar-refractivity contribution in [2.75, 3.05) is 13.2 Å². The number of carbonyl (C=O) groups excluding carboxylic acids is 1. The summed E-state index contributed by atoms with van der Waals surface area (Å²) in [6, 6.07) is 5.69. The Bertz CT molecular complexity index is 856. The average molecular weight is 356 g/mol. The number of likely N-dealkylation sites (tertiary alicyclic amines) is 1. The van der Waals surface area contributed by atoms with Crippen LogP contribution in [0.4, 0.5) is 0 Å². The molecule has 5 nitrogen and oxygen atoms in total. The van der Waals surface area contributed by atoms with Crippen LogP contribution >= 0.6 is 0 Å². The van der Waals surface area contributed by atoms with Gasteiger partial charge in [-0.15, -0.1) is 0 Å². The number of piperidine rings is 1. The quantitative estimate of drug-likeness (QED) is 0.828. The first-order chi connectivity index (χ1) is 12.5. The minimum Gasteiger partial charge on any atom is -0.462 e. The Morgan fingerprint density at radius 1 is 1.31 bits per heavy atom. The van der Waals surface area contributed by atoms with Crippen molar-refractivity contribution in [3.05, 3.63) is 45.2 Å². The number of fused-ring (bicyclic) bond motifs is 1. The number of benzene rings is 1. The van der Waals surface area contributed by atoms with E-state index in [1.165, 1.54) is 19.3 Å². The molecule has 1 saturated heterocycles. The minimum atomic E-state index is -0.391. The van der Waals surface area contributed by atoms with E-state index in [0.29, 0.717) is 30.1 Å². The van der Waals surface area contributed by atoms with E-state index >= 15 is 0 Å². The lowest BCUT2D eigenvalue weighted by molar-refractivity contribution is 0.0526. The number of H-pyrrole nitrogens is 1. The van der Waals surface area contributed by atoms with Gasteiger partial charge in [0.25, 0.3) is 0 Å². The summed E-state index contributed by atoms with van der Waals surface area (Å²) in [6.45, 7) is 7.97. The fourth-order valence-electron chi connectivity index (χ4n) is 3.92. The summed E-state index contributed by atoms with van der Waals surface area (Å²) in [5.74, 6) is -0.391. The predicted octanol–water partition coefficient (Wildman–Crippen LogP) is 3.78. The van der Waals surface area contributed by atoms with Crippen LogP contribution < -0.4 is 5.43 Å². The summed E-state index contributed by atoms with van der Waals surface area (Å²) >= 11 is 0. The smallest absolute Gasteiger partial charge is 0.338 e. The molecule has 0 amide bonds. The lowest BCUT2D eigenvalue weighted by atomic mass is 9.98. The number of nitrogens with zero attached hydrogens (tertiary/aromatic N) is 1. The maximum absolute atomic E-state index is 13.2. The van der Waals surface area contributed by atoms with E-state index < -0.39 is 5.97 Å². The molecule has 2 aromatic rings. The highest BCUT2D eigenvalue weighted by Crippen LogP contribution is 2.22. The highest BCUT2D eigenvalue weighted by Gasteiger charge is 2.23. The fourth-order valence-corrected chi connectivity index (χ4v) is 3.92. The molecule has 26 heavy (non-hydrogen) atoms. The van der Waals surface area contributed by atoms with E-state index in [1.54, 1.807) is 25.1 Å². The summed E-state index contributed by atoms with van der Waals surface area (Å²) in [7, 11) is 0. The van der Waals surface area contributed by atoms with E-state index in [-0.39, 0.29) is 5.43 Å². The number of nitrogens with one attached hydrogen (secondary N) is 1. The molecule has 0 unspecified atom stereocenters. The Labute approximate surface area is 154 Å². The Morgan fingerprint density at radius 2 is 2.12 bits per heavy atom. The van der Waals surface area contributed by atoms with Crippen molar-refractivity contribution in [3.63, 3.8) is 0 Å². The van der Waals surface area contributed by atoms with Gasteiger partial charge in [0.15, 0.2) is 5.43 Å². The van der Waals surface area contributed by atoms with Crippen LogP contribution in [0.5, 0.6) is 0 Å². The van der Waals surface area contributed by atoms with Crippen molar-refractivity contribution in [1.82, 2.24) is 9.88 Å². The molecule has 0 saturated carbocycles. The number of carbonyl (C=O) groups is 1. The van der Waals surface area contributed by atoms with Crippen molar-refractivity contribution in [1.29, 1.82) is 0 Å². The lowest BCUT2D eigenvalue weighted by Crippen LogP contribution is -2.39. The third-order valence-corrected chi connectivity index (χ3v) is 5.41. The first-order valence-corrected chi connectivity index (χ1v) is 9.61. The zero-order valence-corrected chi connectivity index (χ0v) is 15.9. The second-order valence-electron chi connectivity index (χ2n) is 7.07. The molecular formula is C21H28N2O3. The summed E-state index contributed by atoms with van der Waals surface area (Å²) in [5, 5.41) is 0.557. The van der Waals surface area contributed by atoms with E-state index in [0.717, 1.165) is 29.7 Å². The number of ether oxygens (including phenoxy) is 1. The summed E-state index contributed by atoms with van der Waals surface area (Å²) in [5.41, 5.74) is 2.91. The number of pyridine rings is 1. The maximum Gasteiger partial charge on any atom is 0.338 e. The van der Waals surface area contributed by atoms with Crippen molar-refractivity contribution in [2.24, 2.45) is 0 Å². The SMILES string of the molecule is CCOC(=O)c1ccc2[nH]c(C)c(CN3CCCC[C@H]3CC)c(=O)c2c1. The molecule has 0 aliphatic carbocycles. The average Bonchev–Trinajstić information content (AvgIpc) is 2.65. The molecule has 1 aliphatic rings. The molecule has 1 fully saturated rings. The van der Waals surface area contributed by atoms with Gasteiger partial charge in [0.2, 0.25) is 0 Å². The van der Waals surface area contributed by atoms with E-state index in [9.17, 15) is 9.59 Å². The van der Waals surface area contributed by atoms with E-state index in [4.69, 9.17) is 4.74 Å². The Hall–Kier alpha value is -2.14. The molecule has 140 valence electrons. The molecule has 0 spiro atoms. The zero-order chi connectivity index (χ0) is 18.7. The second kappa shape index (κ2) is 8.04. The van der Waals surface area contributed by atoms with Crippen LogP contribution in [0.1, 0.15) is 61.1 Å². The van der Waals surface area contributed by atoms with Gasteiger partial charge in [0, 0.05) is 34.7 Å². The van der Waals surface area contributed by atoms with Gasteiger partial charge in [0.1, 0.15) is 0 Å². The van der Waals surface area contributed by atoms with Crippen LogP contribution in [0, 0.1) is 6.92 Å². The number of aromatic amines is 1. The molecule has 5 heteroatoms. The third kappa shape index (κ3) is 3.68. The van der Waals surface area contributed by atoms with Gasteiger partial charge >= 0.3 is 5.97 Å². The van der Waals surface area contributed by atoms with Crippen molar-refractivity contribution in [2.45, 2.75) is 59.0 Å².